The zero-order valence-electron chi connectivity index (χ0n) is 9.60. The summed E-state index contributed by atoms with van der Waals surface area (Å²) >= 11 is 2.73. The number of nitrogens with one attached hydrogen (secondary N) is 2. The molecule has 0 aromatic carbocycles. The zero-order chi connectivity index (χ0) is 13.0. The molecule has 0 radical (unpaired) electrons. The average Bonchev–Trinajstić information content (AvgIpc) is 2.97. The quantitative estimate of drug-likeness (QED) is 0.899. The predicted octanol–water partition coefficient (Wildman–Crippen LogP) is 1.88. The molecular weight excluding hydrogens is 270 g/mol. The predicted molar refractivity (Wildman–Crippen MR) is 72.1 cm³/mol. The standard InChI is InChI=1S/C11H11N3O2S2/c1-7-5-13-11(18-7)14-9(15)6-12-10(16)8-3-2-4-17-8/h2-5H,6H2,1H3,(H,12,16)(H,13,14,15). The summed E-state index contributed by atoms with van der Waals surface area (Å²) in [7, 11) is 0. The first-order valence-electron chi connectivity index (χ1n) is 5.19. The summed E-state index contributed by atoms with van der Waals surface area (Å²) in [5, 5.41) is 7.53. The van der Waals surface area contributed by atoms with Crippen molar-refractivity contribution < 1.29 is 9.59 Å². The van der Waals surface area contributed by atoms with Gasteiger partial charge >= 0.3 is 0 Å². The second-order valence-electron chi connectivity index (χ2n) is 3.48. The van der Waals surface area contributed by atoms with Gasteiger partial charge in [-0.15, -0.1) is 22.7 Å². The van der Waals surface area contributed by atoms with E-state index in [1.807, 2.05) is 12.3 Å². The Morgan fingerprint density at radius 2 is 2.28 bits per heavy atom. The first-order valence-corrected chi connectivity index (χ1v) is 6.89. The molecular formula is C11H11N3O2S2. The fourth-order valence-electron chi connectivity index (χ4n) is 1.23. The van der Waals surface area contributed by atoms with E-state index in [1.54, 1.807) is 18.3 Å². The van der Waals surface area contributed by atoms with Crippen LogP contribution >= 0.6 is 22.7 Å². The summed E-state index contributed by atoms with van der Waals surface area (Å²) in [6.07, 6.45) is 1.69. The van der Waals surface area contributed by atoms with Crippen LogP contribution in [0.4, 0.5) is 5.13 Å². The van der Waals surface area contributed by atoms with Gasteiger partial charge in [-0.05, 0) is 18.4 Å². The minimum Gasteiger partial charge on any atom is -0.342 e. The largest absolute Gasteiger partial charge is 0.342 e. The molecule has 0 bridgehead atoms. The van der Waals surface area contributed by atoms with Crippen molar-refractivity contribution in [1.29, 1.82) is 0 Å². The number of thiazole rings is 1. The lowest BCUT2D eigenvalue weighted by atomic mass is 10.4. The molecule has 2 aromatic heterocycles. The number of rotatable bonds is 4. The minimum atomic E-state index is -0.283. The normalized spacial score (nSPS) is 10.1. The Kier molecular flexibility index (Phi) is 4.06. The van der Waals surface area contributed by atoms with Crippen molar-refractivity contribution in [2.24, 2.45) is 0 Å². The van der Waals surface area contributed by atoms with E-state index in [0.29, 0.717) is 10.0 Å². The van der Waals surface area contributed by atoms with Crippen LogP contribution in [0.25, 0.3) is 0 Å². The van der Waals surface area contributed by atoms with Gasteiger partial charge in [-0.1, -0.05) is 6.07 Å². The number of hydrogen-bond donors (Lipinski definition) is 2. The van der Waals surface area contributed by atoms with Crippen molar-refractivity contribution in [3.05, 3.63) is 33.5 Å². The Balaban J connectivity index is 1.80. The number of aryl methyl sites for hydroxylation is 1. The van der Waals surface area contributed by atoms with Crippen LogP contribution in [0.2, 0.25) is 0 Å². The molecule has 2 amide bonds. The van der Waals surface area contributed by atoms with E-state index in [-0.39, 0.29) is 18.4 Å². The van der Waals surface area contributed by atoms with Crippen molar-refractivity contribution in [2.75, 3.05) is 11.9 Å². The maximum Gasteiger partial charge on any atom is 0.261 e. The van der Waals surface area contributed by atoms with Gasteiger partial charge in [0.1, 0.15) is 0 Å². The number of hydrogen-bond acceptors (Lipinski definition) is 5. The number of anilines is 1. The van der Waals surface area contributed by atoms with Crippen LogP contribution in [-0.4, -0.2) is 23.3 Å². The van der Waals surface area contributed by atoms with Crippen LogP contribution in [0.1, 0.15) is 14.5 Å². The number of carbonyl (C=O) groups is 2. The summed E-state index contributed by atoms with van der Waals surface area (Å²) in [4.78, 5) is 28.7. The second-order valence-corrected chi connectivity index (χ2v) is 5.67. The van der Waals surface area contributed by atoms with Crippen LogP contribution in [0, 0.1) is 6.92 Å². The van der Waals surface area contributed by atoms with E-state index in [0.717, 1.165) is 4.88 Å². The molecule has 7 heteroatoms. The lowest BCUT2D eigenvalue weighted by molar-refractivity contribution is -0.115. The lowest BCUT2D eigenvalue weighted by Gasteiger charge is -2.03. The fourth-order valence-corrected chi connectivity index (χ4v) is 2.55. The Labute approximate surface area is 112 Å². The molecule has 0 atom stereocenters. The van der Waals surface area contributed by atoms with Gasteiger partial charge in [0.05, 0.1) is 11.4 Å². The number of aromatic nitrogens is 1. The van der Waals surface area contributed by atoms with E-state index in [1.165, 1.54) is 22.7 Å². The highest BCUT2D eigenvalue weighted by Crippen LogP contribution is 2.16. The first-order chi connectivity index (χ1) is 8.65. The smallest absolute Gasteiger partial charge is 0.261 e. The molecule has 5 nitrogen and oxygen atoms in total. The molecule has 0 saturated carbocycles. The third-order valence-corrected chi connectivity index (χ3v) is 3.72. The molecule has 0 fully saturated rings. The van der Waals surface area contributed by atoms with Gasteiger partial charge in [-0.25, -0.2) is 4.98 Å². The van der Waals surface area contributed by atoms with Crippen molar-refractivity contribution in [1.82, 2.24) is 10.3 Å². The highest BCUT2D eigenvalue weighted by molar-refractivity contribution is 7.15. The van der Waals surface area contributed by atoms with Crippen molar-refractivity contribution in [3.8, 4) is 0 Å². The molecule has 0 aliphatic carbocycles. The molecule has 94 valence electrons. The fraction of sp³-hybridized carbons (Fsp3) is 0.182. The third-order valence-electron chi connectivity index (χ3n) is 2.02. The minimum absolute atomic E-state index is 0.0602. The van der Waals surface area contributed by atoms with E-state index in [2.05, 4.69) is 15.6 Å². The van der Waals surface area contributed by atoms with E-state index < -0.39 is 0 Å². The summed E-state index contributed by atoms with van der Waals surface area (Å²) in [5.41, 5.74) is 0. The molecule has 0 spiro atoms. The van der Waals surface area contributed by atoms with Crippen molar-refractivity contribution in [3.63, 3.8) is 0 Å². The maximum absolute atomic E-state index is 11.6. The lowest BCUT2D eigenvalue weighted by Crippen LogP contribution is -2.32. The molecule has 2 aromatic rings. The molecule has 0 saturated heterocycles. The van der Waals surface area contributed by atoms with Crippen LogP contribution in [-0.2, 0) is 4.79 Å². The monoisotopic (exact) mass is 281 g/mol. The number of amides is 2. The third kappa shape index (κ3) is 3.38. The average molecular weight is 281 g/mol. The highest BCUT2D eigenvalue weighted by atomic mass is 32.1. The maximum atomic E-state index is 11.6. The summed E-state index contributed by atoms with van der Waals surface area (Å²) in [5.74, 6) is -0.523. The van der Waals surface area contributed by atoms with E-state index in [9.17, 15) is 9.59 Å². The molecule has 2 heterocycles. The molecule has 0 aliphatic heterocycles. The van der Waals surface area contributed by atoms with Gasteiger partial charge in [0.2, 0.25) is 5.91 Å². The number of carbonyl (C=O) groups excluding carboxylic acids is 2. The summed E-state index contributed by atoms with van der Waals surface area (Å²) in [6, 6.07) is 3.50. The number of nitrogens with zero attached hydrogens (tertiary/aromatic N) is 1. The van der Waals surface area contributed by atoms with Crippen molar-refractivity contribution >= 4 is 39.6 Å². The molecule has 18 heavy (non-hydrogen) atoms. The van der Waals surface area contributed by atoms with Crippen LogP contribution in [0.3, 0.4) is 0 Å². The van der Waals surface area contributed by atoms with Gasteiger partial charge < -0.3 is 10.6 Å². The first kappa shape index (κ1) is 12.7. The van der Waals surface area contributed by atoms with Gasteiger partial charge in [-0.3, -0.25) is 9.59 Å². The highest BCUT2D eigenvalue weighted by Gasteiger charge is 2.09. The SMILES string of the molecule is Cc1cnc(NC(=O)CNC(=O)c2cccs2)s1. The Morgan fingerprint density at radius 1 is 1.44 bits per heavy atom. The molecule has 2 rings (SSSR count). The van der Waals surface area contributed by atoms with Gasteiger partial charge in [0.25, 0.3) is 5.91 Å². The van der Waals surface area contributed by atoms with Gasteiger partial charge in [-0.2, -0.15) is 0 Å². The molecule has 0 aliphatic rings. The van der Waals surface area contributed by atoms with Gasteiger partial charge in [0, 0.05) is 11.1 Å². The Hall–Kier alpha value is -1.73. The Bertz CT molecular complexity index is 548. The second kappa shape index (κ2) is 5.74. The van der Waals surface area contributed by atoms with Crippen LogP contribution < -0.4 is 10.6 Å². The molecule has 2 N–H and O–H groups in total. The molecule has 0 unspecified atom stereocenters. The Morgan fingerprint density at radius 3 is 2.89 bits per heavy atom. The van der Waals surface area contributed by atoms with Crippen molar-refractivity contribution in [2.45, 2.75) is 6.92 Å². The summed E-state index contributed by atoms with van der Waals surface area (Å²) < 4.78 is 0. The van der Waals surface area contributed by atoms with E-state index >= 15 is 0 Å². The van der Waals surface area contributed by atoms with Gasteiger partial charge in [0.15, 0.2) is 5.13 Å². The van der Waals surface area contributed by atoms with Crippen LogP contribution in [0.5, 0.6) is 0 Å². The van der Waals surface area contributed by atoms with Crippen LogP contribution in [0.15, 0.2) is 23.7 Å². The zero-order valence-corrected chi connectivity index (χ0v) is 11.2. The topological polar surface area (TPSA) is 71.1 Å². The van der Waals surface area contributed by atoms with E-state index in [4.69, 9.17) is 0 Å². The number of thiophene rings is 1. The summed E-state index contributed by atoms with van der Waals surface area (Å²) in [6.45, 7) is 1.85.